The van der Waals surface area contributed by atoms with Crippen LogP contribution in [0.1, 0.15) is 21.5 Å². The van der Waals surface area contributed by atoms with E-state index in [0.29, 0.717) is 11.1 Å². The molecular weight excluding hydrogens is 335 g/mol. The highest BCUT2D eigenvalue weighted by Crippen LogP contribution is 2.18. The lowest BCUT2D eigenvalue weighted by molar-refractivity contribution is 0.0600. The first-order valence-electron chi connectivity index (χ1n) is 6.72. The van der Waals surface area contributed by atoms with Crippen LogP contribution in [0.2, 0.25) is 0 Å². The van der Waals surface area contributed by atoms with Crippen LogP contribution in [0.25, 0.3) is 0 Å². The van der Waals surface area contributed by atoms with Crippen molar-refractivity contribution in [3.8, 4) is 6.07 Å². The van der Waals surface area contributed by atoms with Gasteiger partial charge in [0.1, 0.15) is 5.82 Å². The molecule has 0 saturated heterocycles. The van der Waals surface area contributed by atoms with Gasteiger partial charge in [-0.05, 0) is 35.9 Å². The molecule has 0 amide bonds. The van der Waals surface area contributed by atoms with E-state index in [9.17, 15) is 17.6 Å². The van der Waals surface area contributed by atoms with Crippen molar-refractivity contribution < 1.29 is 22.3 Å². The van der Waals surface area contributed by atoms with Crippen LogP contribution in [0.15, 0.2) is 42.5 Å². The Morgan fingerprint density at radius 3 is 2.46 bits per heavy atom. The van der Waals surface area contributed by atoms with Gasteiger partial charge >= 0.3 is 5.97 Å². The lowest BCUT2D eigenvalue weighted by atomic mass is 10.1. The molecule has 6 nitrogen and oxygen atoms in total. The van der Waals surface area contributed by atoms with Gasteiger partial charge in [-0.15, -0.1) is 0 Å². The number of ether oxygens (including phenoxy) is 1. The van der Waals surface area contributed by atoms with E-state index < -0.39 is 27.6 Å². The van der Waals surface area contributed by atoms with Crippen molar-refractivity contribution in [2.24, 2.45) is 0 Å². The SMILES string of the molecule is COC(=O)c1ccc(CS(=O)(=O)Nc2ccc(C#N)cc2F)cc1. The van der Waals surface area contributed by atoms with E-state index >= 15 is 0 Å². The second-order valence-corrected chi connectivity index (χ2v) is 6.58. The fraction of sp³-hybridized carbons (Fsp3) is 0.125. The number of nitrogens with one attached hydrogen (secondary N) is 1. The van der Waals surface area contributed by atoms with E-state index in [2.05, 4.69) is 9.46 Å². The molecule has 0 fully saturated rings. The summed E-state index contributed by atoms with van der Waals surface area (Å²) in [6.45, 7) is 0. The normalized spacial score (nSPS) is 10.7. The van der Waals surface area contributed by atoms with Crippen LogP contribution in [0.4, 0.5) is 10.1 Å². The lowest BCUT2D eigenvalue weighted by Gasteiger charge is -2.09. The molecule has 0 bridgehead atoms. The van der Waals surface area contributed by atoms with Gasteiger partial charge in [0.05, 0.1) is 35.7 Å². The summed E-state index contributed by atoms with van der Waals surface area (Å²) in [4.78, 5) is 11.3. The molecule has 0 aromatic heterocycles. The number of nitrogens with zero attached hydrogens (tertiary/aromatic N) is 1. The maximum absolute atomic E-state index is 13.8. The number of halogens is 1. The topological polar surface area (TPSA) is 96.3 Å². The second-order valence-electron chi connectivity index (χ2n) is 4.86. The van der Waals surface area contributed by atoms with Gasteiger partial charge < -0.3 is 4.74 Å². The molecule has 8 heteroatoms. The van der Waals surface area contributed by atoms with Crippen LogP contribution in [-0.2, 0) is 20.5 Å². The number of hydrogen-bond acceptors (Lipinski definition) is 5. The fourth-order valence-electron chi connectivity index (χ4n) is 1.95. The number of rotatable bonds is 5. The van der Waals surface area contributed by atoms with E-state index in [-0.39, 0.29) is 11.3 Å². The first kappa shape index (κ1) is 17.4. The number of methoxy groups -OCH3 is 1. The number of esters is 1. The van der Waals surface area contributed by atoms with Crippen molar-refractivity contribution in [2.75, 3.05) is 11.8 Å². The number of anilines is 1. The molecule has 0 heterocycles. The highest BCUT2D eigenvalue weighted by atomic mass is 32.2. The van der Waals surface area contributed by atoms with Crippen LogP contribution in [-0.4, -0.2) is 21.5 Å². The Balaban J connectivity index is 2.14. The number of nitriles is 1. The summed E-state index contributed by atoms with van der Waals surface area (Å²) >= 11 is 0. The van der Waals surface area contributed by atoms with Crippen molar-refractivity contribution in [3.63, 3.8) is 0 Å². The molecule has 0 saturated carbocycles. The molecule has 124 valence electrons. The average molecular weight is 348 g/mol. The predicted octanol–water partition coefficient (Wildman–Crippen LogP) is 2.43. The maximum Gasteiger partial charge on any atom is 0.337 e. The minimum atomic E-state index is -3.86. The molecule has 0 unspecified atom stereocenters. The summed E-state index contributed by atoms with van der Waals surface area (Å²) in [5.74, 6) is -1.76. The average Bonchev–Trinajstić information content (AvgIpc) is 2.56. The molecule has 1 N–H and O–H groups in total. The monoisotopic (exact) mass is 348 g/mol. The zero-order valence-electron chi connectivity index (χ0n) is 12.6. The van der Waals surface area contributed by atoms with Gasteiger partial charge in [-0.2, -0.15) is 5.26 Å². The van der Waals surface area contributed by atoms with Gasteiger partial charge in [-0.3, -0.25) is 4.72 Å². The molecule has 0 radical (unpaired) electrons. The molecule has 0 atom stereocenters. The molecule has 0 aliphatic carbocycles. The molecule has 2 rings (SSSR count). The lowest BCUT2D eigenvalue weighted by Crippen LogP contribution is -2.16. The summed E-state index contributed by atoms with van der Waals surface area (Å²) in [5, 5.41) is 8.67. The van der Waals surface area contributed by atoms with E-state index in [1.165, 1.54) is 43.5 Å². The van der Waals surface area contributed by atoms with Crippen molar-refractivity contribution >= 4 is 21.7 Å². The van der Waals surface area contributed by atoms with Gasteiger partial charge in [0.25, 0.3) is 0 Å². The Kier molecular flexibility index (Phi) is 5.16. The first-order valence-corrected chi connectivity index (χ1v) is 8.37. The van der Waals surface area contributed by atoms with Crippen molar-refractivity contribution in [3.05, 3.63) is 65.0 Å². The van der Waals surface area contributed by atoms with Gasteiger partial charge in [0.15, 0.2) is 0 Å². The third-order valence-corrected chi connectivity index (χ3v) is 4.34. The van der Waals surface area contributed by atoms with Crippen molar-refractivity contribution in [2.45, 2.75) is 5.75 Å². The van der Waals surface area contributed by atoms with E-state index in [1.807, 2.05) is 0 Å². The number of hydrogen-bond donors (Lipinski definition) is 1. The predicted molar refractivity (Wildman–Crippen MR) is 85.1 cm³/mol. The summed E-state index contributed by atoms with van der Waals surface area (Å²) in [6, 6.07) is 11.0. The summed E-state index contributed by atoms with van der Waals surface area (Å²) < 4.78 is 44.7. The minimum Gasteiger partial charge on any atom is -0.465 e. The van der Waals surface area contributed by atoms with Gasteiger partial charge in [0, 0.05) is 0 Å². The van der Waals surface area contributed by atoms with Crippen LogP contribution in [0.3, 0.4) is 0 Å². The molecule has 2 aromatic carbocycles. The van der Waals surface area contributed by atoms with E-state index in [0.717, 1.165) is 6.07 Å². The summed E-state index contributed by atoms with van der Waals surface area (Å²) in [6.07, 6.45) is 0. The highest BCUT2D eigenvalue weighted by Gasteiger charge is 2.15. The van der Waals surface area contributed by atoms with Crippen LogP contribution in [0, 0.1) is 17.1 Å². The Morgan fingerprint density at radius 1 is 1.25 bits per heavy atom. The minimum absolute atomic E-state index is 0.0915. The van der Waals surface area contributed by atoms with Gasteiger partial charge in [0.2, 0.25) is 10.0 Å². The zero-order valence-corrected chi connectivity index (χ0v) is 13.4. The fourth-order valence-corrected chi connectivity index (χ4v) is 3.15. The number of sulfonamides is 1. The quantitative estimate of drug-likeness (QED) is 0.837. The highest BCUT2D eigenvalue weighted by molar-refractivity contribution is 7.91. The van der Waals surface area contributed by atoms with Crippen molar-refractivity contribution in [1.29, 1.82) is 5.26 Å². The van der Waals surface area contributed by atoms with Gasteiger partial charge in [-0.25, -0.2) is 17.6 Å². The molecule has 0 spiro atoms. The second kappa shape index (κ2) is 7.10. The smallest absolute Gasteiger partial charge is 0.337 e. The maximum atomic E-state index is 13.8. The Labute approximate surface area is 138 Å². The van der Waals surface area contributed by atoms with Crippen LogP contribution in [0.5, 0.6) is 0 Å². The molecule has 2 aromatic rings. The number of carbonyl (C=O) groups excluding carboxylic acids is 1. The molecule has 24 heavy (non-hydrogen) atoms. The Hall–Kier alpha value is -2.92. The van der Waals surface area contributed by atoms with Crippen LogP contribution < -0.4 is 4.72 Å². The Bertz CT molecular complexity index is 903. The number of benzene rings is 2. The van der Waals surface area contributed by atoms with E-state index in [4.69, 9.17) is 5.26 Å². The third kappa shape index (κ3) is 4.30. The zero-order chi connectivity index (χ0) is 17.7. The third-order valence-electron chi connectivity index (χ3n) is 3.10. The molecular formula is C16H13FN2O4S. The standard InChI is InChI=1S/C16H13FN2O4S/c1-23-16(20)13-5-2-11(3-6-13)10-24(21,22)19-15-7-4-12(9-18)8-14(15)17/h2-8,19H,10H2,1H3. The molecule has 0 aliphatic heterocycles. The number of carbonyl (C=O) groups is 1. The van der Waals surface area contributed by atoms with Gasteiger partial charge in [-0.1, -0.05) is 12.1 Å². The largest absolute Gasteiger partial charge is 0.465 e. The Morgan fingerprint density at radius 2 is 1.92 bits per heavy atom. The molecule has 0 aliphatic rings. The van der Waals surface area contributed by atoms with E-state index in [1.54, 1.807) is 6.07 Å². The summed E-state index contributed by atoms with van der Waals surface area (Å²) in [5.41, 5.74) is 0.572. The first-order chi connectivity index (χ1) is 11.3. The van der Waals surface area contributed by atoms with Crippen molar-refractivity contribution in [1.82, 2.24) is 0 Å². The summed E-state index contributed by atoms with van der Waals surface area (Å²) in [7, 11) is -2.61. The van der Waals surface area contributed by atoms with Crippen LogP contribution >= 0.6 is 0 Å².